The minimum absolute atomic E-state index is 0.00673. The highest BCUT2D eigenvalue weighted by Gasteiger charge is 2.12. The quantitative estimate of drug-likeness (QED) is 0.450. The van der Waals surface area contributed by atoms with E-state index in [1.165, 1.54) is 9.79 Å². The minimum Gasteiger partial charge on any atom is -0.491 e. The van der Waals surface area contributed by atoms with E-state index in [2.05, 4.69) is 41.7 Å². The Morgan fingerprint density at radius 3 is 2.10 bits per heavy atom. The highest BCUT2D eigenvalue weighted by molar-refractivity contribution is 7.99. The van der Waals surface area contributed by atoms with Crippen LogP contribution in [0.25, 0.3) is 0 Å². The van der Waals surface area contributed by atoms with E-state index in [1.54, 1.807) is 11.8 Å². The lowest BCUT2D eigenvalue weighted by molar-refractivity contribution is 0.0997. The zero-order chi connectivity index (χ0) is 20.3. The van der Waals surface area contributed by atoms with Gasteiger partial charge in [-0.15, -0.1) is 0 Å². The molecule has 0 radical (unpaired) electrons. The van der Waals surface area contributed by atoms with Crippen LogP contribution < -0.4 is 10.1 Å². The molecule has 3 aromatic carbocycles. The van der Waals surface area contributed by atoms with Crippen molar-refractivity contribution in [1.82, 2.24) is 5.32 Å². The van der Waals surface area contributed by atoms with Gasteiger partial charge in [0.15, 0.2) is 0 Å². The maximum atomic E-state index is 10.1. The van der Waals surface area contributed by atoms with Crippen LogP contribution in [0.15, 0.2) is 94.7 Å². The molecule has 0 aliphatic rings. The summed E-state index contributed by atoms with van der Waals surface area (Å²) >= 11 is 1.73. The number of benzene rings is 3. The molecular weight excluding hydrogens is 382 g/mol. The molecule has 1 unspecified atom stereocenters. The molecule has 152 valence electrons. The lowest BCUT2D eigenvalue weighted by Crippen LogP contribution is -2.41. The van der Waals surface area contributed by atoms with E-state index in [1.807, 2.05) is 48.5 Å². The number of hydrogen-bond donors (Lipinski definition) is 3. The van der Waals surface area contributed by atoms with Gasteiger partial charge in [-0.2, -0.15) is 0 Å². The third-order valence-corrected chi connectivity index (χ3v) is 5.45. The summed E-state index contributed by atoms with van der Waals surface area (Å²) in [7, 11) is 0. The Balaban J connectivity index is 1.43. The number of hydrogen-bond acceptors (Lipinski definition) is 5. The topological polar surface area (TPSA) is 61.7 Å². The Morgan fingerprint density at radius 2 is 1.45 bits per heavy atom. The largest absolute Gasteiger partial charge is 0.491 e. The van der Waals surface area contributed by atoms with Crippen LogP contribution in [-0.2, 0) is 6.42 Å². The Morgan fingerprint density at radius 1 is 0.828 bits per heavy atom. The molecule has 3 rings (SSSR count). The number of nitrogens with one attached hydrogen (secondary N) is 1. The second-order valence-electron chi connectivity index (χ2n) is 6.83. The smallest absolute Gasteiger partial charge is 0.119 e. The van der Waals surface area contributed by atoms with Gasteiger partial charge in [0.2, 0.25) is 0 Å². The fourth-order valence-electron chi connectivity index (χ4n) is 2.87. The van der Waals surface area contributed by atoms with Crippen LogP contribution in [0.1, 0.15) is 5.56 Å². The van der Waals surface area contributed by atoms with E-state index in [0.717, 1.165) is 11.3 Å². The molecule has 0 aliphatic carbocycles. The Hall–Kier alpha value is -2.31. The maximum Gasteiger partial charge on any atom is 0.119 e. The summed E-state index contributed by atoms with van der Waals surface area (Å²) in [6.45, 7) is 0.577. The minimum atomic E-state index is -0.645. The summed E-state index contributed by atoms with van der Waals surface area (Å²) in [6, 6.07) is 28.0. The Kier molecular flexibility index (Phi) is 8.58. The Bertz CT molecular complexity index is 828. The molecule has 0 saturated carbocycles. The average Bonchev–Trinajstić information content (AvgIpc) is 2.78. The molecule has 3 N–H and O–H groups in total. The van der Waals surface area contributed by atoms with Gasteiger partial charge in [-0.25, -0.2) is 0 Å². The molecule has 0 heterocycles. The first-order valence-corrected chi connectivity index (χ1v) is 10.6. The number of para-hydroxylation sites is 1. The normalized spacial score (nSPS) is 13.0. The van der Waals surface area contributed by atoms with E-state index < -0.39 is 6.10 Å². The molecule has 0 fully saturated rings. The van der Waals surface area contributed by atoms with Crippen molar-refractivity contribution in [1.29, 1.82) is 0 Å². The fraction of sp³-hybridized carbons (Fsp3) is 0.250. The molecule has 4 nitrogen and oxygen atoms in total. The van der Waals surface area contributed by atoms with Crippen molar-refractivity contribution in [3.63, 3.8) is 0 Å². The van der Waals surface area contributed by atoms with Gasteiger partial charge >= 0.3 is 0 Å². The van der Waals surface area contributed by atoms with E-state index in [4.69, 9.17) is 4.74 Å². The second-order valence-corrected chi connectivity index (χ2v) is 7.98. The summed E-state index contributed by atoms with van der Waals surface area (Å²) in [5.41, 5.74) is 1.14. The highest BCUT2D eigenvalue weighted by Crippen LogP contribution is 2.27. The third kappa shape index (κ3) is 7.55. The first kappa shape index (κ1) is 21.4. The zero-order valence-corrected chi connectivity index (χ0v) is 17.1. The SMILES string of the molecule is OC[C@H](Cc1ccc(Sc2ccccc2)cc1)NCC(O)COc1ccccc1. The van der Waals surface area contributed by atoms with Crippen LogP contribution >= 0.6 is 11.8 Å². The van der Waals surface area contributed by atoms with Crippen molar-refractivity contribution in [2.45, 2.75) is 28.4 Å². The van der Waals surface area contributed by atoms with Gasteiger partial charge in [-0.05, 0) is 48.4 Å². The molecular formula is C24H27NO3S. The van der Waals surface area contributed by atoms with Crippen molar-refractivity contribution < 1.29 is 14.9 Å². The van der Waals surface area contributed by atoms with E-state index in [9.17, 15) is 10.2 Å². The number of aliphatic hydroxyl groups excluding tert-OH is 2. The van der Waals surface area contributed by atoms with Crippen molar-refractivity contribution in [2.75, 3.05) is 19.8 Å². The molecule has 2 atom stereocenters. The standard InChI is InChI=1S/C24H27NO3S/c26-17-20(25-16-21(27)18-28-22-7-3-1-4-8-22)15-19-11-13-24(14-12-19)29-23-9-5-2-6-10-23/h1-14,20-21,25-27H,15-18H2/t20-,21?/m0/s1. The van der Waals surface area contributed by atoms with Gasteiger partial charge < -0.3 is 20.3 Å². The highest BCUT2D eigenvalue weighted by atomic mass is 32.2. The van der Waals surface area contributed by atoms with E-state index >= 15 is 0 Å². The Labute approximate surface area is 176 Å². The van der Waals surface area contributed by atoms with E-state index in [-0.39, 0.29) is 19.3 Å². The molecule has 5 heteroatoms. The van der Waals surface area contributed by atoms with Crippen molar-refractivity contribution >= 4 is 11.8 Å². The van der Waals surface area contributed by atoms with Crippen LogP contribution in [0, 0.1) is 0 Å². The van der Waals surface area contributed by atoms with Crippen LogP contribution in [-0.4, -0.2) is 42.1 Å². The van der Waals surface area contributed by atoms with Crippen molar-refractivity contribution in [3.05, 3.63) is 90.5 Å². The predicted molar refractivity (Wildman–Crippen MR) is 118 cm³/mol. The van der Waals surface area contributed by atoms with Gasteiger partial charge in [-0.1, -0.05) is 60.3 Å². The molecule has 0 amide bonds. The summed E-state index contributed by atoms with van der Waals surface area (Å²) in [6.07, 6.45) is 0.0490. The summed E-state index contributed by atoms with van der Waals surface area (Å²) in [4.78, 5) is 2.39. The van der Waals surface area contributed by atoms with Crippen molar-refractivity contribution in [2.24, 2.45) is 0 Å². The first-order chi connectivity index (χ1) is 14.2. The van der Waals surface area contributed by atoms with Gasteiger partial charge in [0, 0.05) is 22.4 Å². The van der Waals surface area contributed by atoms with Gasteiger partial charge in [-0.3, -0.25) is 0 Å². The lowest BCUT2D eigenvalue weighted by Gasteiger charge is -2.19. The number of rotatable bonds is 11. The van der Waals surface area contributed by atoms with Crippen LogP contribution in [0.2, 0.25) is 0 Å². The zero-order valence-electron chi connectivity index (χ0n) is 16.3. The third-order valence-electron chi connectivity index (χ3n) is 4.43. The molecule has 3 aromatic rings. The first-order valence-electron chi connectivity index (χ1n) is 9.75. The second kappa shape index (κ2) is 11.6. The van der Waals surface area contributed by atoms with Gasteiger partial charge in [0.25, 0.3) is 0 Å². The van der Waals surface area contributed by atoms with Gasteiger partial charge in [0.1, 0.15) is 18.5 Å². The fourth-order valence-corrected chi connectivity index (χ4v) is 3.71. The van der Waals surface area contributed by atoms with Gasteiger partial charge in [0.05, 0.1) is 6.61 Å². The molecule has 29 heavy (non-hydrogen) atoms. The van der Waals surface area contributed by atoms with Crippen LogP contribution in [0.5, 0.6) is 5.75 Å². The van der Waals surface area contributed by atoms with Crippen LogP contribution in [0.3, 0.4) is 0 Å². The molecule has 0 bridgehead atoms. The van der Waals surface area contributed by atoms with Crippen molar-refractivity contribution in [3.8, 4) is 5.75 Å². The number of aliphatic hydroxyl groups is 2. The predicted octanol–water partition coefficient (Wildman–Crippen LogP) is 3.77. The molecule has 0 aromatic heterocycles. The van der Waals surface area contributed by atoms with E-state index in [0.29, 0.717) is 13.0 Å². The van der Waals surface area contributed by atoms with Crippen LogP contribution in [0.4, 0.5) is 0 Å². The molecule has 0 spiro atoms. The molecule has 0 aliphatic heterocycles. The lowest BCUT2D eigenvalue weighted by atomic mass is 10.1. The summed E-state index contributed by atoms with van der Waals surface area (Å²) in [5.74, 6) is 0.735. The number of ether oxygens (including phenoxy) is 1. The summed E-state index contributed by atoms with van der Waals surface area (Å²) in [5, 5.41) is 23.0. The molecule has 0 saturated heterocycles. The average molecular weight is 410 g/mol. The summed E-state index contributed by atoms with van der Waals surface area (Å²) < 4.78 is 5.56. The monoisotopic (exact) mass is 409 g/mol. The maximum absolute atomic E-state index is 10.1.